The van der Waals surface area contributed by atoms with Crippen molar-refractivity contribution in [1.29, 1.82) is 0 Å². The highest BCUT2D eigenvalue weighted by Gasteiger charge is 2.50. The lowest BCUT2D eigenvalue weighted by molar-refractivity contribution is -0.0502. The molecule has 6 heterocycles. The molecule has 0 aliphatic carbocycles. The van der Waals surface area contributed by atoms with Crippen molar-refractivity contribution in [3.8, 4) is 0 Å². The number of aliphatic hydroxyl groups is 1. The Kier molecular flexibility index (Phi) is 9.55. The molecule has 5 unspecified atom stereocenters. The van der Waals surface area contributed by atoms with Crippen LogP contribution in [0.1, 0.15) is 32.2 Å². The molecular weight excluding hydrogens is 708 g/mol. The van der Waals surface area contributed by atoms with Crippen LogP contribution in [-0.2, 0) is 39.4 Å². The third-order valence-corrected chi connectivity index (χ3v) is 11.0. The van der Waals surface area contributed by atoms with E-state index < -0.39 is 61.9 Å². The van der Waals surface area contributed by atoms with Crippen LogP contribution in [0.4, 0.5) is 11.6 Å². The van der Waals surface area contributed by atoms with Crippen LogP contribution in [0, 0.1) is 5.92 Å². The second kappa shape index (κ2) is 13.0. The molecule has 250 valence electrons. The van der Waals surface area contributed by atoms with Gasteiger partial charge in [-0.25, -0.2) is 29.5 Å². The lowest BCUT2D eigenvalue weighted by Gasteiger charge is -2.27. The highest BCUT2D eigenvalue weighted by atomic mass is 32.7. The Labute approximate surface area is 273 Å². The van der Waals surface area contributed by atoms with Gasteiger partial charge in [0.15, 0.2) is 23.3 Å². The topological polar surface area (TPSA) is 267 Å². The molecule has 0 radical (unpaired) electrons. The molecule has 0 saturated carbocycles. The number of nitrogens with two attached hydrogens (primary N) is 2. The number of nitrogen functional groups attached to an aromatic ring is 2. The second-order valence-electron chi connectivity index (χ2n) is 10.4. The fourth-order valence-electron chi connectivity index (χ4n) is 5.44. The molecule has 2 saturated heterocycles. The third kappa shape index (κ3) is 6.73. The molecule has 9 atom stereocenters. The molecule has 2 fully saturated rings. The molecule has 0 spiro atoms. The van der Waals surface area contributed by atoms with Gasteiger partial charge in [-0.05, 0) is 24.1 Å². The number of hydrogen-bond acceptors (Lipinski definition) is 17. The quantitative estimate of drug-likeness (QED) is 0.0929. The van der Waals surface area contributed by atoms with Gasteiger partial charge in [-0.1, -0.05) is 36.9 Å². The van der Waals surface area contributed by atoms with Crippen LogP contribution in [0.25, 0.3) is 21.5 Å². The van der Waals surface area contributed by atoms with Crippen LogP contribution >= 0.6 is 37.1 Å². The zero-order chi connectivity index (χ0) is 33.0. The second-order valence-corrected chi connectivity index (χ2v) is 17.0. The summed E-state index contributed by atoms with van der Waals surface area (Å²) in [5.74, 6) is 0.262. The Balaban J connectivity index is 1.21. The summed E-state index contributed by atoms with van der Waals surface area (Å²) in [4.78, 5) is 53.7. The first-order valence-corrected chi connectivity index (χ1v) is 19.8. The van der Waals surface area contributed by atoms with Gasteiger partial charge in [0, 0.05) is 0 Å². The maximum absolute atomic E-state index is 13.1. The number of thiol groups is 1. The van der Waals surface area contributed by atoms with Crippen LogP contribution in [0.5, 0.6) is 0 Å². The largest absolute Gasteiger partial charge is 0.387 e. The molecule has 24 heteroatoms. The number of imidazole rings is 1. The van der Waals surface area contributed by atoms with Gasteiger partial charge >= 0.3 is 18.4 Å². The van der Waals surface area contributed by atoms with Gasteiger partial charge in [0.1, 0.15) is 53.2 Å². The van der Waals surface area contributed by atoms with E-state index >= 15 is 0 Å². The van der Waals surface area contributed by atoms with Crippen molar-refractivity contribution < 1.29 is 42.5 Å². The van der Waals surface area contributed by atoms with Gasteiger partial charge in [0.2, 0.25) is 0 Å². The summed E-state index contributed by atoms with van der Waals surface area (Å²) in [5, 5.41) is 11.2. The summed E-state index contributed by atoms with van der Waals surface area (Å²) in [6.07, 6.45) is -1.56. The van der Waals surface area contributed by atoms with E-state index in [0.29, 0.717) is 24.0 Å². The number of anilines is 2. The maximum atomic E-state index is 13.1. The van der Waals surface area contributed by atoms with Gasteiger partial charge < -0.3 is 40.4 Å². The lowest BCUT2D eigenvalue weighted by atomic mass is 9.98. The molecule has 7 N–H and O–H groups in total. The fourth-order valence-corrected chi connectivity index (χ4v) is 8.26. The normalized spacial score (nSPS) is 29.4. The minimum atomic E-state index is -4.27. The SMILES string of the molecule is CCC1C[C@H](n2cnc3c(N)ncnc32)O[C@@H]1COP(O)(=S)O[C@@H]1C(O)C(COP(=O)(O)S)O[C@H]1n1c(=O)sc2c(N)ncnc21. The predicted octanol–water partition coefficient (Wildman–Crippen LogP) is 1.09. The van der Waals surface area contributed by atoms with Crippen molar-refractivity contribution >= 4 is 82.1 Å². The van der Waals surface area contributed by atoms with Gasteiger partial charge in [0.05, 0.1) is 25.6 Å². The number of rotatable bonds is 11. The number of aromatic nitrogens is 7. The van der Waals surface area contributed by atoms with E-state index in [9.17, 15) is 24.3 Å². The van der Waals surface area contributed by atoms with Crippen LogP contribution < -0.4 is 16.3 Å². The first kappa shape index (κ1) is 33.7. The average Bonchev–Trinajstić information content (AvgIpc) is 3.75. The Morgan fingerprint density at radius 3 is 2.50 bits per heavy atom. The van der Waals surface area contributed by atoms with Crippen molar-refractivity contribution in [3.63, 3.8) is 0 Å². The number of ether oxygens (including phenoxy) is 2. The standard InChI is InChI=1S/C22H29N9O10P2S3/c1-2-9-3-12(30-8-29-13-17(23)25-6-27-19(13)30)39-10(9)4-38-43(36,45)41-15-14(32)11(5-37-42(34,35)44)40-21(15)31-20-16(46-22(31)33)18(24)26-7-28-20/h6-12,14-15,21,32H,2-5H2,1H3,(H,36,45)(H2,23,25,27)(H2,24,26,28)(H2,34,35,44)/t9?,10-,11?,12-,14?,15-,21-,43?/m1/s1. The van der Waals surface area contributed by atoms with Crippen LogP contribution in [0.3, 0.4) is 0 Å². The molecule has 4 aromatic rings. The van der Waals surface area contributed by atoms with E-state index in [1.807, 2.05) is 6.92 Å². The molecule has 0 aromatic carbocycles. The van der Waals surface area contributed by atoms with Crippen molar-refractivity contribution in [1.82, 2.24) is 34.1 Å². The predicted molar refractivity (Wildman–Crippen MR) is 170 cm³/mol. The number of aliphatic hydroxyl groups excluding tert-OH is 1. The molecule has 0 bridgehead atoms. The van der Waals surface area contributed by atoms with E-state index in [0.717, 1.165) is 22.2 Å². The van der Waals surface area contributed by atoms with E-state index in [1.165, 1.54) is 6.33 Å². The summed E-state index contributed by atoms with van der Waals surface area (Å²) in [7, 11) is 0. The van der Waals surface area contributed by atoms with Gasteiger partial charge in [0.25, 0.3) is 0 Å². The van der Waals surface area contributed by atoms with Crippen LogP contribution in [0.2, 0.25) is 0 Å². The molecule has 2 aliphatic heterocycles. The number of thiazole rings is 1. The van der Waals surface area contributed by atoms with E-state index in [2.05, 4.69) is 37.2 Å². The lowest BCUT2D eigenvalue weighted by Crippen LogP contribution is -2.36. The first-order chi connectivity index (χ1) is 21.8. The fraction of sp³-hybridized carbons (Fsp3) is 0.545. The number of hydrogen-bond donors (Lipinski definition) is 6. The Morgan fingerprint density at radius 2 is 1.78 bits per heavy atom. The Morgan fingerprint density at radius 1 is 1.09 bits per heavy atom. The number of fused-ring (bicyclic) bond motifs is 2. The van der Waals surface area contributed by atoms with Crippen LogP contribution in [0.15, 0.2) is 23.8 Å². The zero-order valence-electron chi connectivity index (χ0n) is 23.7. The summed E-state index contributed by atoms with van der Waals surface area (Å²) in [6.45, 7) is -7.25. The first-order valence-electron chi connectivity index (χ1n) is 13.7. The molecule has 4 aromatic heterocycles. The minimum Gasteiger partial charge on any atom is -0.387 e. The molecular formula is C22H29N9O10P2S3. The monoisotopic (exact) mass is 737 g/mol. The van der Waals surface area contributed by atoms with Crippen LogP contribution in [-0.4, -0.2) is 86.6 Å². The summed E-state index contributed by atoms with van der Waals surface area (Å²) in [5.41, 5.74) is 12.9. The van der Waals surface area contributed by atoms with Crippen molar-refractivity contribution in [2.75, 3.05) is 24.7 Å². The van der Waals surface area contributed by atoms with Crippen molar-refractivity contribution in [2.24, 2.45) is 5.92 Å². The van der Waals surface area contributed by atoms with E-state index in [4.69, 9.17) is 46.3 Å². The highest BCUT2D eigenvalue weighted by Crippen LogP contribution is 2.52. The summed E-state index contributed by atoms with van der Waals surface area (Å²) in [6, 6.07) is 0. The number of nitrogens with zero attached hydrogens (tertiary/aromatic N) is 7. The van der Waals surface area contributed by atoms with Crippen molar-refractivity contribution in [2.45, 2.75) is 56.6 Å². The molecule has 2 aliphatic rings. The van der Waals surface area contributed by atoms with Gasteiger partial charge in [-0.3, -0.25) is 23.0 Å². The highest BCUT2D eigenvalue weighted by molar-refractivity contribution is 8.44. The van der Waals surface area contributed by atoms with Gasteiger partial charge in [-0.15, -0.1) is 0 Å². The Bertz CT molecular complexity index is 1910. The van der Waals surface area contributed by atoms with E-state index in [-0.39, 0.29) is 34.5 Å². The summed E-state index contributed by atoms with van der Waals surface area (Å²) >= 11 is 9.52. The maximum Gasteiger partial charge on any atom is 0.383 e. The van der Waals surface area contributed by atoms with Gasteiger partial charge in [-0.2, -0.15) is 0 Å². The Hall–Kier alpha value is -2.17. The zero-order valence-corrected chi connectivity index (χ0v) is 28.1. The molecule has 19 nitrogen and oxygen atoms in total. The van der Waals surface area contributed by atoms with E-state index in [1.54, 1.807) is 10.9 Å². The minimum absolute atomic E-state index is 0.0115. The third-order valence-electron chi connectivity index (χ3n) is 7.64. The average molecular weight is 738 g/mol. The van der Waals surface area contributed by atoms with Crippen molar-refractivity contribution in [3.05, 3.63) is 28.6 Å². The molecule has 0 amide bonds. The summed E-state index contributed by atoms with van der Waals surface area (Å²) < 4.78 is 43.2. The smallest absolute Gasteiger partial charge is 0.383 e. The molecule has 6 rings (SSSR count). The molecule has 46 heavy (non-hydrogen) atoms.